The number of amides is 2. The molecule has 0 spiro atoms. The van der Waals surface area contributed by atoms with Crippen molar-refractivity contribution in [3.63, 3.8) is 0 Å². The van der Waals surface area contributed by atoms with E-state index in [-0.39, 0.29) is 17.0 Å². The molecule has 1 aromatic rings. The number of aromatic nitrogens is 2. The minimum Gasteiger partial charge on any atom is -0.339 e. The molecule has 2 amide bonds. The van der Waals surface area contributed by atoms with Gasteiger partial charge in [0.05, 0.1) is 0 Å². The summed E-state index contributed by atoms with van der Waals surface area (Å²) >= 11 is 38.4. The van der Waals surface area contributed by atoms with E-state index in [2.05, 4.69) is 20.6 Å². The number of halogens is 6. The van der Waals surface area contributed by atoms with Crippen LogP contribution in [0.2, 0.25) is 0 Å². The quantitative estimate of drug-likeness (QED) is 0.129. The smallest absolute Gasteiger partial charge is 0.226 e. The second-order valence-electron chi connectivity index (χ2n) is 8.70. The number of nitrogens with one attached hydrogen (secondary N) is 2. The first kappa shape index (κ1) is 30.5. The van der Waals surface area contributed by atoms with E-state index in [0.717, 1.165) is 23.5 Å². The number of carbonyl (C=O) groups excluding carboxylic acids is 2. The maximum absolute atomic E-state index is 12.4. The van der Waals surface area contributed by atoms with Gasteiger partial charge in [0, 0.05) is 17.0 Å². The van der Waals surface area contributed by atoms with Crippen molar-refractivity contribution in [1.29, 1.82) is 0 Å². The van der Waals surface area contributed by atoms with Crippen LogP contribution in [-0.2, 0) is 9.59 Å². The molecule has 6 nitrogen and oxygen atoms in total. The molecule has 0 fully saturated rings. The summed E-state index contributed by atoms with van der Waals surface area (Å²) in [5, 5.41) is 4.12. The largest absolute Gasteiger partial charge is 0.339 e. The summed E-state index contributed by atoms with van der Waals surface area (Å²) in [4.78, 5) is 33.3. The van der Waals surface area contributed by atoms with Gasteiger partial charge in [-0.3, -0.25) is 9.59 Å². The van der Waals surface area contributed by atoms with Crippen LogP contribution in [0, 0.1) is 10.8 Å². The van der Waals surface area contributed by atoms with Crippen LogP contribution in [0.5, 0.6) is 0 Å². The Morgan fingerprint density at radius 1 is 0.812 bits per heavy atom. The number of hydrogen-bond acceptors (Lipinski definition) is 6. The van der Waals surface area contributed by atoms with Crippen molar-refractivity contribution in [1.82, 2.24) is 20.6 Å². The molecule has 0 saturated carbocycles. The summed E-state index contributed by atoms with van der Waals surface area (Å²) in [6.45, 7) is 10.4. The lowest BCUT2D eigenvalue weighted by atomic mass is 9.96. The molecule has 182 valence electrons. The third-order valence-electron chi connectivity index (χ3n) is 3.55. The van der Waals surface area contributed by atoms with Crippen LogP contribution in [0.1, 0.15) is 41.5 Å². The highest BCUT2D eigenvalue weighted by molar-refractivity contribution is 8.00. The van der Waals surface area contributed by atoms with Gasteiger partial charge >= 0.3 is 0 Å². The molecule has 0 aliphatic heterocycles. The lowest BCUT2D eigenvalue weighted by Gasteiger charge is -2.29. The fraction of sp³-hybridized carbons (Fsp3) is 0.667. The molecule has 0 radical (unpaired) electrons. The maximum atomic E-state index is 12.4. The van der Waals surface area contributed by atoms with E-state index in [4.69, 9.17) is 69.6 Å². The molecule has 0 saturated heterocycles. The summed E-state index contributed by atoms with van der Waals surface area (Å²) in [6.07, 6.45) is 1.47. The summed E-state index contributed by atoms with van der Waals surface area (Å²) < 4.78 is -3.65. The maximum Gasteiger partial charge on any atom is 0.226 e. The Labute approximate surface area is 226 Å². The van der Waals surface area contributed by atoms with E-state index in [0.29, 0.717) is 5.03 Å². The first-order valence-electron chi connectivity index (χ1n) is 9.13. The standard InChI is InChI=1S/C18H24Cl6N4O2S2/c1-15(2,3)10(29)27-12(17(19,20)21)31-9-7-8-25-14(26-9)32-13(18(22,23)24)28-11(30)16(4,5)6/h7-8,12-13H,1-6H3,(H,27,29)(H,28,30)/t12-,13+/m1/s1. The predicted octanol–water partition coefficient (Wildman–Crippen LogP) is 6.38. The van der Waals surface area contributed by atoms with Crippen LogP contribution in [-0.4, -0.2) is 40.1 Å². The van der Waals surface area contributed by atoms with Crippen molar-refractivity contribution in [3.8, 4) is 0 Å². The van der Waals surface area contributed by atoms with Gasteiger partial charge < -0.3 is 10.6 Å². The summed E-state index contributed by atoms with van der Waals surface area (Å²) in [5.41, 5.74) is -1.39. The normalized spacial score (nSPS) is 15.1. The van der Waals surface area contributed by atoms with Gasteiger partial charge in [0.2, 0.25) is 19.4 Å². The molecule has 0 aromatic carbocycles. The molecular formula is C18H24Cl6N4O2S2. The van der Waals surface area contributed by atoms with Crippen LogP contribution >= 0.6 is 93.1 Å². The molecule has 0 unspecified atom stereocenters. The number of thioether (sulfide) groups is 2. The molecule has 0 aliphatic carbocycles. The molecule has 1 heterocycles. The molecule has 0 bridgehead atoms. The Hall–Kier alpha value is 0.460. The van der Waals surface area contributed by atoms with Gasteiger partial charge in [-0.05, 0) is 6.07 Å². The minimum absolute atomic E-state index is 0.214. The number of hydrogen-bond donors (Lipinski definition) is 2. The SMILES string of the molecule is CC(C)(C)C(=O)N[C@H](Sc1ccnc(S[C@H](NC(=O)C(C)(C)C)C(Cl)(Cl)Cl)n1)C(Cl)(Cl)Cl. The minimum atomic E-state index is -1.83. The number of carbonyl (C=O) groups is 2. The van der Waals surface area contributed by atoms with Crippen molar-refractivity contribution in [2.75, 3.05) is 0 Å². The van der Waals surface area contributed by atoms with E-state index in [9.17, 15) is 9.59 Å². The Balaban J connectivity index is 3.09. The van der Waals surface area contributed by atoms with Crippen LogP contribution in [0.15, 0.2) is 22.4 Å². The van der Waals surface area contributed by atoms with Gasteiger partial charge in [-0.15, -0.1) is 0 Å². The first-order valence-corrected chi connectivity index (χ1v) is 13.2. The zero-order valence-corrected chi connectivity index (χ0v) is 24.3. The third-order valence-corrected chi connectivity index (χ3v) is 7.93. The van der Waals surface area contributed by atoms with Crippen molar-refractivity contribution >= 4 is 105 Å². The predicted molar refractivity (Wildman–Crippen MR) is 137 cm³/mol. The fourth-order valence-corrected chi connectivity index (χ4v) is 4.49. The van der Waals surface area contributed by atoms with E-state index >= 15 is 0 Å². The van der Waals surface area contributed by atoms with Crippen molar-refractivity contribution < 1.29 is 9.59 Å². The van der Waals surface area contributed by atoms with Crippen LogP contribution < -0.4 is 10.6 Å². The molecule has 32 heavy (non-hydrogen) atoms. The van der Waals surface area contributed by atoms with Gasteiger partial charge in [0.1, 0.15) is 15.8 Å². The molecule has 0 aliphatic rings. The van der Waals surface area contributed by atoms with E-state index in [1.807, 2.05) is 0 Å². The molecule has 2 N–H and O–H groups in total. The van der Waals surface area contributed by atoms with Crippen LogP contribution in [0.25, 0.3) is 0 Å². The lowest BCUT2D eigenvalue weighted by Crippen LogP contribution is -2.46. The average Bonchev–Trinajstić information content (AvgIpc) is 2.57. The zero-order chi connectivity index (χ0) is 25.1. The highest BCUT2D eigenvalue weighted by Gasteiger charge is 2.39. The van der Waals surface area contributed by atoms with Crippen LogP contribution in [0.3, 0.4) is 0 Å². The topological polar surface area (TPSA) is 84.0 Å². The summed E-state index contributed by atoms with van der Waals surface area (Å²) in [5.74, 6) is -0.612. The summed E-state index contributed by atoms with van der Waals surface area (Å²) in [6, 6.07) is 1.58. The van der Waals surface area contributed by atoms with Gasteiger partial charge in [-0.2, -0.15) is 0 Å². The van der Waals surface area contributed by atoms with Gasteiger partial charge in [-0.1, -0.05) is 135 Å². The van der Waals surface area contributed by atoms with Crippen molar-refractivity contribution in [2.45, 2.75) is 70.1 Å². The number of rotatable bonds is 6. The van der Waals surface area contributed by atoms with Gasteiger partial charge in [0.25, 0.3) is 0 Å². The third kappa shape index (κ3) is 10.4. The fourth-order valence-electron chi connectivity index (χ4n) is 1.70. The number of nitrogens with zero attached hydrogens (tertiary/aromatic N) is 2. The second kappa shape index (κ2) is 11.5. The highest BCUT2D eigenvalue weighted by atomic mass is 35.6. The Morgan fingerprint density at radius 3 is 1.59 bits per heavy atom. The second-order valence-corrected chi connectivity index (χ2v) is 15.6. The van der Waals surface area contributed by atoms with Crippen molar-refractivity contribution in [3.05, 3.63) is 12.3 Å². The Morgan fingerprint density at radius 2 is 1.22 bits per heavy atom. The Bertz CT molecular complexity index is 756. The average molecular weight is 605 g/mol. The molecular weight excluding hydrogens is 581 g/mol. The lowest BCUT2D eigenvalue weighted by molar-refractivity contribution is -0.129. The highest BCUT2D eigenvalue weighted by Crippen LogP contribution is 2.41. The molecule has 2 atom stereocenters. The van der Waals surface area contributed by atoms with Crippen LogP contribution in [0.4, 0.5) is 0 Å². The van der Waals surface area contributed by atoms with Gasteiger partial charge in [0.15, 0.2) is 5.16 Å². The zero-order valence-electron chi connectivity index (χ0n) is 18.1. The molecule has 1 aromatic heterocycles. The molecule has 14 heteroatoms. The Kier molecular flexibility index (Phi) is 10.9. The summed E-state index contributed by atoms with van der Waals surface area (Å²) in [7, 11) is 0. The van der Waals surface area contributed by atoms with E-state index in [1.54, 1.807) is 47.6 Å². The van der Waals surface area contributed by atoms with E-state index in [1.165, 1.54) is 6.20 Å². The van der Waals surface area contributed by atoms with Gasteiger partial charge in [-0.25, -0.2) is 9.97 Å². The molecule has 1 rings (SSSR count). The van der Waals surface area contributed by atoms with E-state index < -0.39 is 29.2 Å². The first-order chi connectivity index (χ1) is 14.2. The van der Waals surface area contributed by atoms with Crippen molar-refractivity contribution in [2.24, 2.45) is 10.8 Å². The number of alkyl halides is 6. The monoisotopic (exact) mass is 602 g/mol.